The van der Waals surface area contributed by atoms with Crippen molar-refractivity contribution in [3.05, 3.63) is 210 Å². The molecular weight excluding hydrogens is 996 g/mol. The Labute approximate surface area is 380 Å². The normalized spacial score (nSPS) is 11.4. The topological polar surface area (TPSA) is 9.86 Å². The van der Waals surface area contributed by atoms with Crippen LogP contribution in [-0.4, -0.2) is 9.13 Å². The number of hydrogen-bond donors (Lipinski definition) is 0. The minimum atomic E-state index is 0.951. The molecule has 0 N–H and O–H groups in total. The van der Waals surface area contributed by atoms with Gasteiger partial charge >= 0.3 is 0 Å². The molecule has 0 saturated heterocycles. The van der Waals surface area contributed by atoms with Crippen LogP contribution >= 0.6 is 63.7 Å². The van der Waals surface area contributed by atoms with Gasteiger partial charge < -0.3 is 9.13 Å². The van der Waals surface area contributed by atoms with E-state index in [1.165, 1.54) is 21.5 Å². The first-order valence-electron chi connectivity index (χ1n) is 19.3. The van der Waals surface area contributed by atoms with Gasteiger partial charge in [0.05, 0.1) is 22.1 Å². The summed E-state index contributed by atoms with van der Waals surface area (Å²) in [6.07, 6.45) is 0. The van der Waals surface area contributed by atoms with Gasteiger partial charge in [0, 0.05) is 73.1 Å². The molecule has 2 nitrogen and oxygen atoms in total. The molecule has 0 aliphatic rings. The zero-order chi connectivity index (χ0) is 40.5. The van der Waals surface area contributed by atoms with Crippen LogP contribution in [0.2, 0.25) is 0 Å². The van der Waals surface area contributed by atoms with Crippen molar-refractivity contribution >= 4 is 129 Å². The maximum Gasteiger partial charge on any atom is 0.0541 e. The average Bonchev–Trinajstić information content (AvgIpc) is 3.76. The first-order chi connectivity index (χ1) is 29.4. The molecule has 0 unspecified atom stereocenters. The highest BCUT2D eigenvalue weighted by Gasteiger charge is 2.16. The molecule has 11 aromatic rings. The Kier molecular flexibility index (Phi) is 9.29. The maximum atomic E-state index is 3.68. The molecule has 0 fully saturated rings. The van der Waals surface area contributed by atoms with Crippen LogP contribution in [0.1, 0.15) is 22.3 Å². The van der Waals surface area contributed by atoms with E-state index in [1.54, 1.807) is 0 Å². The van der Waals surface area contributed by atoms with Crippen LogP contribution in [0.15, 0.2) is 188 Å². The van der Waals surface area contributed by atoms with Crippen LogP contribution in [-0.2, 0) is 0 Å². The van der Waals surface area contributed by atoms with Crippen molar-refractivity contribution in [2.45, 2.75) is 0 Å². The lowest BCUT2D eigenvalue weighted by molar-refractivity contribution is 1.18. The minimum absolute atomic E-state index is 0.951. The van der Waals surface area contributed by atoms with Crippen LogP contribution in [0.25, 0.3) is 76.5 Å². The Morgan fingerprint density at radius 1 is 0.283 bits per heavy atom. The predicted octanol–water partition coefficient (Wildman–Crippen LogP) is 16.0. The smallest absolute Gasteiger partial charge is 0.0541 e. The molecule has 0 amide bonds. The molecule has 0 radical (unpaired) electrons. The van der Waals surface area contributed by atoms with Gasteiger partial charge in [0.1, 0.15) is 0 Å². The highest BCUT2D eigenvalue weighted by Crippen LogP contribution is 2.38. The lowest BCUT2D eigenvalue weighted by Crippen LogP contribution is -1.94. The Morgan fingerprint density at radius 2 is 0.567 bits per heavy atom. The van der Waals surface area contributed by atoms with Crippen LogP contribution in [0.3, 0.4) is 0 Å². The third-order valence-electron chi connectivity index (χ3n) is 11.2. The Bertz CT molecular complexity index is 3280. The number of benzene rings is 9. The van der Waals surface area contributed by atoms with Gasteiger partial charge in [0.2, 0.25) is 0 Å². The molecule has 9 aromatic carbocycles. The average molecular weight is 1020 g/mol. The monoisotopic (exact) mass is 1020 g/mol. The number of hydrogen-bond acceptors (Lipinski definition) is 0. The highest BCUT2D eigenvalue weighted by molar-refractivity contribution is 9.11. The van der Waals surface area contributed by atoms with Crippen molar-refractivity contribution in [2.24, 2.45) is 0 Å². The van der Waals surface area contributed by atoms with Gasteiger partial charge in [-0.3, -0.25) is 0 Å². The van der Waals surface area contributed by atoms with E-state index >= 15 is 0 Å². The number of rotatable bonds is 2. The molecule has 6 heteroatoms. The molecule has 0 aliphatic carbocycles. The third kappa shape index (κ3) is 6.38. The summed E-state index contributed by atoms with van der Waals surface area (Å²) in [5.74, 6) is 14.2. The SMILES string of the molecule is Brc1ccc2c(c1)c1cc(Br)ccc1n2-c1ccc(C#Cc2c3ccccc3c(C#Cc3ccc(-n4c5ccc(Br)cc5c5cc(Br)ccc54)cc3)c3ccccc23)cc1. The van der Waals surface area contributed by atoms with Gasteiger partial charge in [-0.25, -0.2) is 0 Å². The summed E-state index contributed by atoms with van der Waals surface area (Å²) in [7, 11) is 0. The van der Waals surface area contributed by atoms with Crippen molar-refractivity contribution in [3.8, 4) is 35.1 Å². The van der Waals surface area contributed by atoms with Gasteiger partial charge in [-0.2, -0.15) is 0 Å². The molecule has 0 saturated carbocycles. The lowest BCUT2D eigenvalue weighted by Gasteiger charge is -2.11. The summed E-state index contributed by atoms with van der Waals surface area (Å²) in [4.78, 5) is 0. The van der Waals surface area contributed by atoms with Gasteiger partial charge in [0.15, 0.2) is 0 Å². The second-order valence-corrected chi connectivity index (χ2v) is 18.4. The van der Waals surface area contributed by atoms with Crippen molar-refractivity contribution in [2.75, 3.05) is 0 Å². The first-order valence-corrected chi connectivity index (χ1v) is 22.5. The Morgan fingerprint density at radius 3 is 0.850 bits per heavy atom. The van der Waals surface area contributed by atoms with Crippen molar-refractivity contribution in [1.29, 1.82) is 0 Å². The molecule has 282 valence electrons. The zero-order valence-corrected chi connectivity index (χ0v) is 37.9. The van der Waals surface area contributed by atoms with Gasteiger partial charge in [0.25, 0.3) is 0 Å². The van der Waals surface area contributed by atoms with Crippen LogP contribution < -0.4 is 0 Å². The fourth-order valence-electron chi connectivity index (χ4n) is 8.55. The van der Waals surface area contributed by atoms with Crippen molar-refractivity contribution in [1.82, 2.24) is 9.13 Å². The van der Waals surface area contributed by atoms with Crippen LogP contribution in [0.5, 0.6) is 0 Å². The number of halogens is 4. The summed E-state index contributed by atoms with van der Waals surface area (Å²) in [5.41, 5.74) is 10.7. The second-order valence-electron chi connectivity index (χ2n) is 14.8. The Hall–Kier alpha value is -5.86. The second kappa shape index (κ2) is 15.0. The van der Waals surface area contributed by atoms with Gasteiger partial charge in [-0.1, -0.05) is 136 Å². The molecule has 2 heterocycles. The van der Waals surface area contributed by atoms with E-state index < -0.39 is 0 Å². The van der Waals surface area contributed by atoms with E-state index in [4.69, 9.17) is 0 Å². The largest absolute Gasteiger partial charge is 0.309 e. The summed E-state index contributed by atoms with van der Waals surface area (Å²) in [5, 5.41) is 9.17. The third-order valence-corrected chi connectivity index (χ3v) is 13.2. The molecule has 0 aliphatic heterocycles. The van der Waals surface area contributed by atoms with Crippen LogP contribution in [0.4, 0.5) is 0 Å². The zero-order valence-electron chi connectivity index (χ0n) is 31.6. The first kappa shape index (κ1) is 37.2. The quantitative estimate of drug-likeness (QED) is 0.121. The lowest BCUT2D eigenvalue weighted by atomic mass is 9.92. The molecule has 60 heavy (non-hydrogen) atoms. The molecule has 11 rings (SSSR count). The maximum absolute atomic E-state index is 3.68. The van der Waals surface area contributed by atoms with Crippen LogP contribution in [0, 0.1) is 23.7 Å². The fraction of sp³-hybridized carbons (Fsp3) is 0. The molecule has 0 atom stereocenters. The van der Waals surface area contributed by atoms with E-state index in [0.29, 0.717) is 0 Å². The van der Waals surface area contributed by atoms with Gasteiger partial charge in [-0.15, -0.1) is 0 Å². The fourth-order valence-corrected chi connectivity index (χ4v) is 9.99. The summed E-state index contributed by atoms with van der Waals surface area (Å²) in [6.45, 7) is 0. The standard InChI is InChI=1S/C54H28Br4N2/c55-35-15-25-51-47(29-35)48-30-36(56)16-26-52(48)59(51)39-19-9-33(10-20-39)13-23-45-41-5-1-2-6-42(41)46(44-8-4-3-7-43(44)45)24-14-34-11-21-40(22-12-34)60-53-27-17-37(57)31-49(53)50-32-38(58)18-28-54(50)60/h1-12,15-22,25-32H. The van der Waals surface area contributed by atoms with E-state index in [0.717, 1.165) is 95.1 Å². The van der Waals surface area contributed by atoms with E-state index in [1.807, 2.05) is 0 Å². The Balaban J connectivity index is 0.959. The number of fused-ring (bicyclic) bond motifs is 8. The summed E-state index contributed by atoms with van der Waals surface area (Å²) >= 11 is 14.7. The molecule has 0 bridgehead atoms. The van der Waals surface area contributed by atoms with Crippen molar-refractivity contribution < 1.29 is 0 Å². The predicted molar refractivity (Wildman–Crippen MR) is 266 cm³/mol. The van der Waals surface area contributed by atoms with E-state index in [-0.39, 0.29) is 0 Å². The summed E-state index contributed by atoms with van der Waals surface area (Å²) in [6, 6.07) is 60.0. The van der Waals surface area contributed by atoms with Gasteiger partial charge in [-0.05, 0) is 143 Å². The van der Waals surface area contributed by atoms with E-state index in [9.17, 15) is 0 Å². The van der Waals surface area contributed by atoms with Crippen molar-refractivity contribution in [3.63, 3.8) is 0 Å². The number of aromatic nitrogens is 2. The van der Waals surface area contributed by atoms with E-state index in [2.05, 4.69) is 266 Å². The molecule has 2 aromatic heterocycles. The minimum Gasteiger partial charge on any atom is -0.309 e. The molecular formula is C54H28Br4N2. The summed E-state index contributed by atoms with van der Waals surface area (Å²) < 4.78 is 8.88. The highest BCUT2D eigenvalue weighted by atomic mass is 79.9. The molecule has 0 spiro atoms. The number of nitrogens with zero attached hydrogens (tertiary/aromatic N) is 2.